The second-order valence-corrected chi connectivity index (χ2v) is 4.06. The van der Waals surface area contributed by atoms with Gasteiger partial charge in [0.25, 0.3) is 0 Å². The molecule has 3 rings (SSSR count). The molecule has 2 N–H and O–H groups in total. The molecule has 0 aliphatic heterocycles. The summed E-state index contributed by atoms with van der Waals surface area (Å²) in [6.07, 6.45) is 0. The average molecular weight is 252 g/mol. The first kappa shape index (κ1) is 11.3. The van der Waals surface area contributed by atoms with Gasteiger partial charge in [0.15, 0.2) is 0 Å². The summed E-state index contributed by atoms with van der Waals surface area (Å²) in [5, 5.41) is 3.88. The summed E-state index contributed by atoms with van der Waals surface area (Å²) in [7, 11) is 0. The molecule has 0 amide bonds. The lowest BCUT2D eigenvalue weighted by Crippen LogP contribution is -1.84. The van der Waals surface area contributed by atoms with E-state index in [0.29, 0.717) is 11.6 Å². The van der Waals surface area contributed by atoms with Crippen LogP contribution in [0, 0.1) is 0 Å². The van der Waals surface area contributed by atoms with E-state index >= 15 is 0 Å². The topological polar surface area (TPSA) is 61.3 Å². The normalized spacial score (nSPS) is 10.3. The fourth-order valence-corrected chi connectivity index (χ4v) is 1.77. The Balaban J connectivity index is 1.88. The molecule has 0 fully saturated rings. The van der Waals surface area contributed by atoms with E-state index < -0.39 is 0 Å². The van der Waals surface area contributed by atoms with E-state index in [-0.39, 0.29) is 0 Å². The minimum atomic E-state index is 0.296. The lowest BCUT2D eigenvalue weighted by atomic mass is 10.1. The fraction of sp³-hybridized carbons (Fsp3) is 0. The third-order valence-corrected chi connectivity index (χ3v) is 2.64. The van der Waals surface area contributed by atoms with Crippen LogP contribution in [0.4, 0.5) is 5.88 Å². The smallest absolute Gasteiger partial charge is 0.222 e. The zero-order chi connectivity index (χ0) is 13.1. The predicted molar refractivity (Wildman–Crippen MR) is 72.9 cm³/mol. The highest BCUT2D eigenvalue weighted by molar-refractivity contribution is 5.63. The molecule has 4 heteroatoms. The van der Waals surface area contributed by atoms with Crippen LogP contribution in [-0.4, -0.2) is 5.16 Å². The zero-order valence-electron chi connectivity index (χ0n) is 10.1. The number of hydrogen-bond acceptors (Lipinski definition) is 4. The molecule has 0 saturated carbocycles. The Morgan fingerprint density at radius 3 is 2.42 bits per heavy atom. The van der Waals surface area contributed by atoms with Gasteiger partial charge in [-0.3, -0.25) is 0 Å². The van der Waals surface area contributed by atoms with Gasteiger partial charge in [-0.15, -0.1) is 0 Å². The lowest BCUT2D eigenvalue weighted by Gasteiger charge is -2.06. The van der Waals surface area contributed by atoms with Crippen molar-refractivity contribution >= 4 is 5.88 Å². The minimum Gasteiger partial charge on any atom is -0.457 e. The largest absolute Gasteiger partial charge is 0.457 e. The number of anilines is 1. The zero-order valence-corrected chi connectivity index (χ0v) is 10.1. The van der Waals surface area contributed by atoms with E-state index in [1.165, 1.54) is 0 Å². The van der Waals surface area contributed by atoms with E-state index in [9.17, 15) is 0 Å². The van der Waals surface area contributed by atoms with E-state index in [0.717, 1.165) is 17.1 Å². The Morgan fingerprint density at radius 2 is 1.68 bits per heavy atom. The SMILES string of the molecule is Nc1cc(-c2cccc(Oc3ccccc3)c2)no1. The lowest BCUT2D eigenvalue weighted by molar-refractivity contribution is 0.439. The first-order valence-corrected chi connectivity index (χ1v) is 5.87. The van der Waals surface area contributed by atoms with Crippen molar-refractivity contribution in [2.24, 2.45) is 0 Å². The number of hydrogen-bond donors (Lipinski definition) is 1. The maximum absolute atomic E-state index is 5.76. The highest BCUT2D eigenvalue weighted by Crippen LogP contribution is 2.27. The van der Waals surface area contributed by atoms with Crippen molar-refractivity contribution in [3.8, 4) is 22.8 Å². The van der Waals surface area contributed by atoms with Gasteiger partial charge in [0.05, 0.1) is 0 Å². The Labute approximate surface area is 110 Å². The van der Waals surface area contributed by atoms with E-state index in [2.05, 4.69) is 5.16 Å². The molecule has 1 aromatic heterocycles. The van der Waals surface area contributed by atoms with Crippen molar-refractivity contribution in [1.82, 2.24) is 5.16 Å². The van der Waals surface area contributed by atoms with Crippen LogP contribution < -0.4 is 10.5 Å². The average Bonchev–Trinajstić information content (AvgIpc) is 2.87. The molecule has 0 atom stereocenters. The molecule has 94 valence electrons. The van der Waals surface area contributed by atoms with Crippen LogP contribution in [0.5, 0.6) is 11.5 Å². The highest BCUT2D eigenvalue weighted by atomic mass is 16.5. The molecule has 0 aliphatic carbocycles. The number of nitrogen functional groups attached to an aromatic ring is 1. The van der Waals surface area contributed by atoms with Crippen molar-refractivity contribution in [2.45, 2.75) is 0 Å². The van der Waals surface area contributed by atoms with Crippen LogP contribution in [0.2, 0.25) is 0 Å². The standard InChI is InChI=1S/C15H12N2O2/c16-15-10-14(17-19-15)11-5-4-8-13(9-11)18-12-6-2-1-3-7-12/h1-10H,16H2. The predicted octanol–water partition coefficient (Wildman–Crippen LogP) is 3.72. The maximum Gasteiger partial charge on any atom is 0.222 e. The quantitative estimate of drug-likeness (QED) is 0.771. The maximum atomic E-state index is 5.76. The van der Waals surface area contributed by atoms with Gasteiger partial charge in [0.2, 0.25) is 5.88 Å². The van der Waals surface area contributed by atoms with Crippen LogP contribution in [0.1, 0.15) is 0 Å². The van der Waals surface area contributed by atoms with Crippen molar-refractivity contribution in [1.29, 1.82) is 0 Å². The van der Waals surface area contributed by atoms with Gasteiger partial charge in [-0.2, -0.15) is 0 Å². The van der Waals surface area contributed by atoms with Crippen molar-refractivity contribution in [2.75, 3.05) is 5.73 Å². The van der Waals surface area contributed by atoms with Gasteiger partial charge in [-0.1, -0.05) is 35.5 Å². The Bertz CT molecular complexity index is 677. The number of nitrogens with zero attached hydrogens (tertiary/aromatic N) is 1. The summed E-state index contributed by atoms with van der Waals surface area (Å²) in [5.41, 5.74) is 7.11. The summed E-state index contributed by atoms with van der Waals surface area (Å²) < 4.78 is 10.6. The highest BCUT2D eigenvalue weighted by Gasteiger charge is 2.05. The van der Waals surface area contributed by atoms with Crippen LogP contribution in [0.25, 0.3) is 11.3 Å². The Morgan fingerprint density at radius 1 is 0.895 bits per heavy atom. The van der Waals surface area contributed by atoms with E-state index in [1.807, 2.05) is 54.6 Å². The van der Waals surface area contributed by atoms with Gasteiger partial charge in [0, 0.05) is 11.6 Å². The van der Waals surface area contributed by atoms with Crippen LogP contribution >= 0.6 is 0 Å². The Hall–Kier alpha value is -2.75. The van der Waals surface area contributed by atoms with Crippen molar-refractivity contribution < 1.29 is 9.26 Å². The summed E-state index contributed by atoms with van der Waals surface area (Å²) >= 11 is 0. The van der Waals surface area contributed by atoms with E-state index in [4.69, 9.17) is 15.0 Å². The van der Waals surface area contributed by atoms with Crippen LogP contribution in [-0.2, 0) is 0 Å². The second-order valence-electron chi connectivity index (χ2n) is 4.06. The molecule has 2 aromatic carbocycles. The van der Waals surface area contributed by atoms with Crippen molar-refractivity contribution in [3.05, 3.63) is 60.7 Å². The molecule has 0 bridgehead atoms. The molecule has 19 heavy (non-hydrogen) atoms. The third-order valence-electron chi connectivity index (χ3n) is 2.64. The number of rotatable bonds is 3. The van der Waals surface area contributed by atoms with Crippen LogP contribution in [0.15, 0.2) is 65.2 Å². The molecule has 3 aromatic rings. The van der Waals surface area contributed by atoms with Gasteiger partial charge >= 0.3 is 0 Å². The summed E-state index contributed by atoms with van der Waals surface area (Å²) in [4.78, 5) is 0. The van der Waals surface area contributed by atoms with Gasteiger partial charge in [-0.25, -0.2) is 0 Å². The number of para-hydroxylation sites is 1. The molecular weight excluding hydrogens is 240 g/mol. The molecule has 0 saturated heterocycles. The number of aromatic nitrogens is 1. The minimum absolute atomic E-state index is 0.296. The number of nitrogens with two attached hydrogens (primary N) is 1. The molecule has 0 aliphatic rings. The van der Waals surface area contributed by atoms with Gasteiger partial charge < -0.3 is 15.0 Å². The van der Waals surface area contributed by atoms with Gasteiger partial charge in [0.1, 0.15) is 17.2 Å². The molecule has 1 heterocycles. The molecule has 4 nitrogen and oxygen atoms in total. The number of benzene rings is 2. The second kappa shape index (κ2) is 4.86. The molecule has 0 unspecified atom stereocenters. The molecule has 0 radical (unpaired) electrons. The van der Waals surface area contributed by atoms with Crippen molar-refractivity contribution in [3.63, 3.8) is 0 Å². The third kappa shape index (κ3) is 2.57. The summed E-state index contributed by atoms with van der Waals surface area (Å²) in [6.45, 7) is 0. The number of ether oxygens (including phenoxy) is 1. The van der Waals surface area contributed by atoms with Crippen LogP contribution in [0.3, 0.4) is 0 Å². The van der Waals surface area contributed by atoms with E-state index in [1.54, 1.807) is 6.07 Å². The fourth-order valence-electron chi connectivity index (χ4n) is 1.77. The molecule has 0 spiro atoms. The first-order chi connectivity index (χ1) is 9.31. The summed E-state index contributed by atoms with van der Waals surface area (Å²) in [5.74, 6) is 1.83. The summed E-state index contributed by atoms with van der Waals surface area (Å²) in [6, 6.07) is 18.9. The first-order valence-electron chi connectivity index (χ1n) is 5.87. The Kier molecular flexibility index (Phi) is 2.90. The monoisotopic (exact) mass is 252 g/mol. The molecular formula is C15H12N2O2. The van der Waals surface area contributed by atoms with Gasteiger partial charge in [-0.05, 0) is 24.3 Å².